The molecule has 10 heteroatoms. The van der Waals surface area contributed by atoms with Gasteiger partial charge in [0.15, 0.2) is 5.17 Å². The number of amidine groups is 1. The van der Waals surface area contributed by atoms with Crippen molar-refractivity contribution in [3.63, 3.8) is 0 Å². The number of anilines is 1. The van der Waals surface area contributed by atoms with Gasteiger partial charge in [0, 0.05) is 24.7 Å². The number of nitrogens with zero attached hydrogens (tertiary/aromatic N) is 2. The summed E-state index contributed by atoms with van der Waals surface area (Å²) in [5, 5.41) is 2.05. The van der Waals surface area contributed by atoms with Crippen molar-refractivity contribution in [2.45, 2.75) is 30.4 Å². The van der Waals surface area contributed by atoms with E-state index in [0.29, 0.717) is 11.4 Å². The highest BCUT2D eigenvalue weighted by atomic mass is 32.2. The lowest BCUT2D eigenvalue weighted by Gasteiger charge is -2.13. The number of methoxy groups -OCH3 is 1. The van der Waals surface area contributed by atoms with Crippen molar-refractivity contribution in [3.8, 4) is 5.75 Å². The molecule has 1 atom stereocenters. The van der Waals surface area contributed by atoms with E-state index in [0.717, 1.165) is 17.3 Å². The molecule has 1 N–H and O–H groups in total. The Balaban J connectivity index is 1.75. The third-order valence-electron chi connectivity index (χ3n) is 4.58. The van der Waals surface area contributed by atoms with Crippen LogP contribution in [-0.4, -0.2) is 49.2 Å². The lowest BCUT2D eigenvalue weighted by Crippen LogP contribution is -2.33. The van der Waals surface area contributed by atoms with Gasteiger partial charge in [-0.3, -0.25) is 14.5 Å². The molecule has 2 aromatic carbocycles. The second kappa shape index (κ2) is 9.52. The first kappa shape index (κ1) is 22.8. The number of sulfonamides is 1. The number of benzene rings is 2. The van der Waals surface area contributed by atoms with Gasteiger partial charge < -0.3 is 10.1 Å². The van der Waals surface area contributed by atoms with Crippen molar-refractivity contribution >= 4 is 44.5 Å². The molecule has 1 unspecified atom stereocenters. The first-order valence-electron chi connectivity index (χ1n) is 9.57. The number of ether oxygens (including phenoxy) is 1. The smallest absolute Gasteiger partial charge is 0.284 e. The quantitative estimate of drug-likeness (QED) is 0.680. The molecule has 1 fully saturated rings. The van der Waals surface area contributed by atoms with Gasteiger partial charge in [-0.05, 0) is 38.1 Å². The Kier molecular flexibility index (Phi) is 7.01. The van der Waals surface area contributed by atoms with E-state index < -0.39 is 15.3 Å². The molecular weight excluding hydrogens is 438 g/mol. The fourth-order valence-corrected chi connectivity index (χ4v) is 5.37. The van der Waals surface area contributed by atoms with Crippen molar-refractivity contribution in [1.29, 1.82) is 0 Å². The molecule has 164 valence electrons. The van der Waals surface area contributed by atoms with Crippen LogP contribution < -0.4 is 10.1 Å². The summed E-state index contributed by atoms with van der Waals surface area (Å²) in [5.74, 6) is -0.110. The Hall–Kier alpha value is -2.85. The van der Waals surface area contributed by atoms with E-state index in [1.807, 2.05) is 6.92 Å². The largest absolute Gasteiger partial charge is 0.497 e. The molecule has 0 saturated carbocycles. The Morgan fingerprint density at radius 3 is 2.58 bits per heavy atom. The summed E-state index contributed by atoms with van der Waals surface area (Å²) in [6, 6.07) is 13.2. The zero-order valence-electron chi connectivity index (χ0n) is 17.4. The average Bonchev–Trinajstić information content (AvgIpc) is 3.01. The van der Waals surface area contributed by atoms with Crippen LogP contribution in [0.15, 0.2) is 57.8 Å². The number of thioether (sulfide) groups is 1. The highest BCUT2D eigenvalue weighted by molar-refractivity contribution is 8.16. The molecule has 1 aliphatic heterocycles. The third kappa shape index (κ3) is 5.45. The van der Waals surface area contributed by atoms with Gasteiger partial charge >= 0.3 is 0 Å². The standard InChI is InChI=1S/C21H23N3O5S2/c1-4-24-20(26)18(13-19(25)22-15-6-5-7-16(12-15)29-3)30-21(24)23-31(27,28)17-10-8-14(2)9-11-17/h5-12,18H,4,13H2,1-3H3,(H,22,25). The summed E-state index contributed by atoms with van der Waals surface area (Å²) < 4.78 is 34.3. The topological polar surface area (TPSA) is 105 Å². The molecule has 1 aliphatic rings. The van der Waals surface area contributed by atoms with Gasteiger partial charge in [-0.1, -0.05) is 35.5 Å². The molecule has 2 aromatic rings. The van der Waals surface area contributed by atoms with Crippen LogP contribution in [0, 0.1) is 6.92 Å². The van der Waals surface area contributed by atoms with Crippen LogP contribution in [0.4, 0.5) is 5.69 Å². The first-order chi connectivity index (χ1) is 14.7. The monoisotopic (exact) mass is 461 g/mol. The molecule has 0 bridgehead atoms. The van der Waals surface area contributed by atoms with Crippen LogP contribution in [0.3, 0.4) is 0 Å². The fraction of sp³-hybridized carbons (Fsp3) is 0.286. The molecule has 2 amide bonds. The summed E-state index contributed by atoms with van der Waals surface area (Å²) in [4.78, 5) is 26.5. The molecule has 3 rings (SSSR count). The van der Waals surface area contributed by atoms with Crippen LogP contribution in [0.1, 0.15) is 18.9 Å². The Morgan fingerprint density at radius 1 is 1.23 bits per heavy atom. The maximum absolute atomic E-state index is 12.7. The molecule has 1 saturated heterocycles. The Morgan fingerprint density at radius 2 is 1.94 bits per heavy atom. The van der Waals surface area contributed by atoms with Gasteiger partial charge in [-0.15, -0.1) is 4.40 Å². The van der Waals surface area contributed by atoms with E-state index in [9.17, 15) is 18.0 Å². The molecule has 8 nitrogen and oxygen atoms in total. The van der Waals surface area contributed by atoms with Gasteiger partial charge in [0.1, 0.15) is 11.0 Å². The van der Waals surface area contributed by atoms with E-state index in [2.05, 4.69) is 9.71 Å². The maximum atomic E-state index is 12.7. The summed E-state index contributed by atoms with van der Waals surface area (Å²) in [6.07, 6.45) is -0.110. The number of aryl methyl sites for hydroxylation is 1. The molecule has 0 spiro atoms. The van der Waals surface area contributed by atoms with E-state index in [1.165, 1.54) is 24.1 Å². The zero-order valence-corrected chi connectivity index (χ0v) is 19.0. The SMILES string of the molecule is CCN1C(=O)C(CC(=O)Nc2cccc(OC)c2)SC1=NS(=O)(=O)c1ccc(C)cc1. The van der Waals surface area contributed by atoms with Crippen molar-refractivity contribution in [1.82, 2.24) is 4.90 Å². The van der Waals surface area contributed by atoms with Crippen LogP contribution >= 0.6 is 11.8 Å². The number of nitrogens with one attached hydrogen (secondary N) is 1. The van der Waals surface area contributed by atoms with Crippen molar-refractivity contribution in [3.05, 3.63) is 54.1 Å². The van der Waals surface area contributed by atoms with Crippen LogP contribution in [0.5, 0.6) is 5.75 Å². The lowest BCUT2D eigenvalue weighted by molar-refractivity contribution is -0.128. The number of amides is 2. The van der Waals surface area contributed by atoms with Crippen molar-refractivity contribution in [2.75, 3.05) is 19.0 Å². The summed E-state index contributed by atoms with van der Waals surface area (Å²) in [7, 11) is -2.45. The van der Waals surface area contributed by atoms with Gasteiger partial charge in [0.2, 0.25) is 11.8 Å². The van der Waals surface area contributed by atoms with Crippen LogP contribution in [0.2, 0.25) is 0 Å². The number of rotatable bonds is 7. The van der Waals surface area contributed by atoms with Crippen molar-refractivity contribution < 1.29 is 22.7 Å². The number of hydrogen-bond donors (Lipinski definition) is 1. The summed E-state index contributed by atoms with van der Waals surface area (Å²) in [5.41, 5.74) is 1.47. The van der Waals surface area contributed by atoms with Crippen LogP contribution in [-0.2, 0) is 19.6 Å². The van der Waals surface area contributed by atoms with E-state index in [-0.39, 0.29) is 34.8 Å². The van der Waals surface area contributed by atoms with E-state index in [1.54, 1.807) is 43.3 Å². The van der Waals surface area contributed by atoms with Gasteiger partial charge in [-0.2, -0.15) is 8.42 Å². The predicted octanol–water partition coefficient (Wildman–Crippen LogP) is 3.04. The highest BCUT2D eigenvalue weighted by Gasteiger charge is 2.39. The van der Waals surface area contributed by atoms with Gasteiger partial charge in [-0.25, -0.2) is 0 Å². The second-order valence-electron chi connectivity index (χ2n) is 6.84. The normalized spacial score (nSPS) is 17.8. The average molecular weight is 462 g/mol. The summed E-state index contributed by atoms with van der Waals surface area (Å²) in [6.45, 7) is 3.83. The molecular formula is C21H23N3O5S2. The highest BCUT2D eigenvalue weighted by Crippen LogP contribution is 2.31. The molecule has 1 heterocycles. The maximum Gasteiger partial charge on any atom is 0.284 e. The zero-order chi connectivity index (χ0) is 22.6. The summed E-state index contributed by atoms with van der Waals surface area (Å²) >= 11 is 0.984. The molecule has 0 aromatic heterocycles. The van der Waals surface area contributed by atoms with E-state index in [4.69, 9.17) is 4.74 Å². The Labute approximate surface area is 185 Å². The number of carbonyl (C=O) groups excluding carboxylic acids is 2. The number of carbonyl (C=O) groups is 2. The first-order valence-corrected chi connectivity index (χ1v) is 11.9. The lowest BCUT2D eigenvalue weighted by atomic mass is 10.2. The minimum atomic E-state index is -3.98. The minimum Gasteiger partial charge on any atom is -0.497 e. The predicted molar refractivity (Wildman–Crippen MR) is 121 cm³/mol. The minimum absolute atomic E-state index is 0.0499. The second-order valence-corrected chi connectivity index (χ2v) is 9.61. The van der Waals surface area contributed by atoms with Gasteiger partial charge in [0.05, 0.1) is 12.0 Å². The number of hydrogen-bond acceptors (Lipinski definition) is 6. The molecule has 0 aliphatic carbocycles. The van der Waals surface area contributed by atoms with Gasteiger partial charge in [0.25, 0.3) is 10.0 Å². The third-order valence-corrected chi connectivity index (χ3v) is 7.15. The van der Waals surface area contributed by atoms with Crippen LogP contribution in [0.25, 0.3) is 0 Å². The Bertz CT molecular complexity index is 1110. The van der Waals surface area contributed by atoms with E-state index >= 15 is 0 Å². The molecule has 31 heavy (non-hydrogen) atoms. The van der Waals surface area contributed by atoms with Crippen molar-refractivity contribution in [2.24, 2.45) is 4.40 Å². The molecule has 0 radical (unpaired) electrons. The fourth-order valence-electron chi connectivity index (χ4n) is 2.95.